The van der Waals surface area contributed by atoms with E-state index in [-0.39, 0.29) is 18.0 Å². The molecule has 0 unspecified atom stereocenters. The van der Waals surface area contributed by atoms with Gasteiger partial charge in [-0.3, -0.25) is 4.79 Å². The first-order valence-electron chi connectivity index (χ1n) is 8.11. The second-order valence-corrected chi connectivity index (χ2v) is 7.07. The molecule has 2 rings (SSSR count). The Kier molecular flexibility index (Phi) is 7.72. The van der Waals surface area contributed by atoms with Gasteiger partial charge in [-0.25, -0.2) is 4.79 Å². The third-order valence-corrected chi connectivity index (χ3v) is 5.06. The molecule has 1 heterocycles. The average molecular weight is 371 g/mol. The average Bonchev–Trinajstić information content (AvgIpc) is 2.57. The molecule has 1 aromatic carbocycles. The fourth-order valence-corrected chi connectivity index (χ4v) is 3.46. The fraction of sp³-hybridized carbons (Fsp3) is 0.529. The summed E-state index contributed by atoms with van der Waals surface area (Å²) < 4.78 is 4.99. The van der Waals surface area contributed by atoms with Gasteiger partial charge in [-0.2, -0.15) is 0 Å². The minimum atomic E-state index is -0.263. The van der Waals surface area contributed by atoms with Gasteiger partial charge < -0.3 is 15.0 Å². The third-order valence-electron chi connectivity index (χ3n) is 3.80. The third kappa shape index (κ3) is 6.24. The number of nitrogens with one attached hydrogen (secondary N) is 1. The summed E-state index contributed by atoms with van der Waals surface area (Å²) >= 11 is 7.43. The quantitative estimate of drug-likeness (QED) is 0.834. The molecule has 7 heteroatoms. The van der Waals surface area contributed by atoms with Crippen LogP contribution in [-0.2, 0) is 15.3 Å². The Morgan fingerprint density at radius 1 is 1.29 bits per heavy atom. The van der Waals surface area contributed by atoms with Crippen molar-refractivity contribution in [3.05, 3.63) is 34.9 Å². The number of rotatable bonds is 6. The predicted molar refractivity (Wildman–Crippen MR) is 97.4 cm³/mol. The van der Waals surface area contributed by atoms with Crippen molar-refractivity contribution in [2.24, 2.45) is 0 Å². The summed E-state index contributed by atoms with van der Waals surface area (Å²) in [5.74, 6) is 1.26. The van der Waals surface area contributed by atoms with E-state index in [1.807, 2.05) is 24.3 Å². The van der Waals surface area contributed by atoms with Gasteiger partial charge in [-0.05, 0) is 37.5 Å². The number of nitrogens with zero attached hydrogens (tertiary/aromatic N) is 1. The molecule has 132 valence electrons. The molecule has 1 fully saturated rings. The lowest BCUT2D eigenvalue weighted by Gasteiger charge is -2.31. The number of hydrogen-bond acceptors (Lipinski definition) is 4. The summed E-state index contributed by atoms with van der Waals surface area (Å²) in [6.45, 7) is 3.44. The summed E-state index contributed by atoms with van der Waals surface area (Å²) in [5.41, 5.74) is 1.15. The Morgan fingerprint density at radius 2 is 1.96 bits per heavy atom. The number of piperidine rings is 1. The van der Waals surface area contributed by atoms with Gasteiger partial charge in [0.05, 0.1) is 12.4 Å². The van der Waals surface area contributed by atoms with Gasteiger partial charge >= 0.3 is 6.09 Å². The molecule has 0 aliphatic carbocycles. The van der Waals surface area contributed by atoms with Crippen LogP contribution in [0.3, 0.4) is 0 Å². The smallest absolute Gasteiger partial charge is 0.409 e. The number of ether oxygens (including phenoxy) is 1. The second kappa shape index (κ2) is 9.79. The van der Waals surface area contributed by atoms with Crippen LogP contribution in [0.15, 0.2) is 24.3 Å². The normalized spacial score (nSPS) is 15.2. The van der Waals surface area contributed by atoms with Crippen molar-refractivity contribution in [2.45, 2.75) is 31.6 Å². The molecule has 0 saturated carbocycles. The SMILES string of the molecule is CCOC(=O)N1CCC(NC(=O)CSCc2ccc(Cl)cc2)CC1. The molecular formula is C17H23ClN2O3S. The summed E-state index contributed by atoms with van der Waals surface area (Å²) in [6.07, 6.45) is 1.28. The maximum atomic E-state index is 12.0. The van der Waals surface area contributed by atoms with E-state index in [1.165, 1.54) is 0 Å². The maximum absolute atomic E-state index is 12.0. The van der Waals surface area contributed by atoms with Gasteiger partial charge in [0.15, 0.2) is 0 Å². The molecule has 1 saturated heterocycles. The summed E-state index contributed by atoms with van der Waals surface area (Å²) in [4.78, 5) is 25.3. The van der Waals surface area contributed by atoms with Gasteiger partial charge in [-0.1, -0.05) is 23.7 Å². The van der Waals surface area contributed by atoms with Crippen LogP contribution in [0.5, 0.6) is 0 Å². The van der Waals surface area contributed by atoms with Crippen LogP contribution >= 0.6 is 23.4 Å². The van der Waals surface area contributed by atoms with Crippen LogP contribution in [0.25, 0.3) is 0 Å². The van der Waals surface area contributed by atoms with E-state index >= 15 is 0 Å². The monoisotopic (exact) mass is 370 g/mol. The van der Waals surface area contributed by atoms with E-state index in [2.05, 4.69) is 5.32 Å². The Labute approximate surface area is 152 Å². The van der Waals surface area contributed by atoms with Gasteiger partial charge in [-0.15, -0.1) is 11.8 Å². The molecule has 1 aliphatic heterocycles. The molecule has 0 atom stereocenters. The highest BCUT2D eigenvalue weighted by molar-refractivity contribution is 7.99. The standard InChI is InChI=1S/C17H23ClN2O3S/c1-2-23-17(22)20-9-7-15(8-10-20)19-16(21)12-24-11-13-3-5-14(18)6-4-13/h3-6,15H,2,7-12H2,1H3,(H,19,21). The number of carbonyl (C=O) groups excluding carboxylic acids is 2. The fourth-order valence-electron chi connectivity index (χ4n) is 2.53. The Balaban J connectivity index is 1.63. The van der Waals surface area contributed by atoms with Crippen molar-refractivity contribution >= 4 is 35.4 Å². The second-order valence-electron chi connectivity index (χ2n) is 5.65. The summed E-state index contributed by atoms with van der Waals surface area (Å²) in [5, 5.41) is 3.76. The number of halogens is 1. The van der Waals surface area contributed by atoms with Crippen molar-refractivity contribution in [2.75, 3.05) is 25.4 Å². The van der Waals surface area contributed by atoms with Crippen molar-refractivity contribution in [3.8, 4) is 0 Å². The molecule has 1 N–H and O–H groups in total. The number of amides is 2. The molecule has 1 aliphatic rings. The van der Waals surface area contributed by atoms with Crippen molar-refractivity contribution in [1.29, 1.82) is 0 Å². The van der Waals surface area contributed by atoms with Gasteiger partial charge in [0.25, 0.3) is 0 Å². The molecule has 0 bridgehead atoms. The lowest BCUT2D eigenvalue weighted by atomic mass is 10.1. The van der Waals surface area contributed by atoms with E-state index < -0.39 is 0 Å². The van der Waals surface area contributed by atoms with Crippen LogP contribution in [0, 0.1) is 0 Å². The Morgan fingerprint density at radius 3 is 2.58 bits per heavy atom. The number of likely N-dealkylation sites (tertiary alicyclic amines) is 1. The zero-order valence-electron chi connectivity index (χ0n) is 13.8. The van der Waals surface area contributed by atoms with Gasteiger partial charge in [0.2, 0.25) is 5.91 Å². The minimum absolute atomic E-state index is 0.0450. The van der Waals surface area contributed by atoms with Gasteiger partial charge in [0, 0.05) is 29.9 Å². The lowest BCUT2D eigenvalue weighted by Crippen LogP contribution is -2.47. The molecule has 24 heavy (non-hydrogen) atoms. The first-order chi connectivity index (χ1) is 11.6. The van der Waals surface area contributed by atoms with Crippen LogP contribution in [0.4, 0.5) is 4.79 Å². The zero-order valence-corrected chi connectivity index (χ0v) is 15.4. The van der Waals surface area contributed by atoms with Crippen molar-refractivity contribution in [3.63, 3.8) is 0 Å². The Hall–Kier alpha value is -1.40. The van der Waals surface area contributed by atoms with Crippen LogP contribution < -0.4 is 5.32 Å². The van der Waals surface area contributed by atoms with Crippen LogP contribution in [0.2, 0.25) is 5.02 Å². The van der Waals surface area contributed by atoms with E-state index in [0.29, 0.717) is 25.4 Å². The van der Waals surface area contributed by atoms with E-state index in [9.17, 15) is 9.59 Å². The van der Waals surface area contributed by atoms with Crippen LogP contribution in [-0.4, -0.2) is 48.4 Å². The molecular weight excluding hydrogens is 348 g/mol. The number of carbonyl (C=O) groups is 2. The van der Waals surface area contributed by atoms with E-state index in [4.69, 9.17) is 16.3 Å². The molecule has 0 spiro atoms. The van der Waals surface area contributed by atoms with Crippen LogP contribution in [0.1, 0.15) is 25.3 Å². The minimum Gasteiger partial charge on any atom is -0.450 e. The maximum Gasteiger partial charge on any atom is 0.409 e. The molecule has 2 amide bonds. The molecule has 5 nitrogen and oxygen atoms in total. The highest BCUT2D eigenvalue weighted by Gasteiger charge is 2.24. The van der Waals surface area contributed by atoms with Gasteiger partial charge in [0.1, 0.15) is 0 Å². The number of thioether (sulfide) groups is 1. The molecule has 0 aromatic heterocycles. The first-order valence-corrected chi connectivity index (χ1v) is 9.65. The van der Waals surface area contributed by atoms with E-state index in [0.717, 1.165) is 29.2 Å². The lowest BCUT2D eigenvalue weighted by molar-refractivity contribution is -0.119. The summed E-state index contributed by atoms with van der Waals surface area (Å²) in [7, 11) is 0. The first kappa shape index (κ1) is 18.9. The van der Waals surface area contributed by atoms with Crippen molar-refractivity contribution < 1.29 is 14.3 Å². The molecule has 0 radical (unpaired) electrons. The summed E-state index contributed by atoms with van der Waals surface area (Å²) in [6, 6.07) is 7.79. The topological polar surface area (TPSA) is 58.6 Å². The highest BCUT2D eigenvalue weighted by Crippen LogP contribution is 2.16. The highest BCUT2D eigenvalue weighted by atomic mass is 35.5. The molecule has 1 aromatic rings. The zero-order chi connectivity index (χ0) is 17.4. The van der Waals surface area contributed by atoms with E-state index in [1.54, 1.807) is 23.6 Å². The largest absolute Gasteiger partial charge is 0.450 e. The van der Waals surface area contributed by atoms with Crippen molar-refractivity contribution in [1.82, 2.24) is 10.2 Å². The number of benzene rings is 1. The number of hydrogen-bond donors (Lipinski definition) is 1. The Bertz CT molecular complexity index is 545. The predicted octanol–water partition coefficient (Wildman–Crippen LogP) is 3.31.